The third-order valence-electron chi connectivity index (χ3n) is 3.75. The molecule has 0 radical (unpaired) electrons. The van der Waals surface area contributed by atoms with Crippen molar-refractivity contribution in [3.05, 3.63) is 113 Å². The van der Waals surface area contributed by atoms with Gasteiger partial charge >= 0.3 is 17.1 Å². The van der Waals surface area contributed by atoms with Gasteiger partial charge in [0.15, 0.2) is 0 Å². The fraction of sp³-hybridized carbons (Fsp3) is 0.167. The molecule has 140 valence electrons. The van der Waals surface area contributed by atoms with Crippen molar-refractivity contribution in [2.75, 3.05) is 0 Å². The molecule has 0 heterocycles. The van der Waals surface area contributed by atoms with Crippen LogP contribution in [0.15, 0.2) is 108 Å². The molecule has 1 aromatic rings. The molecule has 3 rings (SSSR count). The molecule has 0 spiro atoms. The molecule has 2 aliphatic rings. The van der Waals surface area contributed by atoms with E-state index < -0.39 is 0 Å². The van der Waals surface area contributed by atoms with Gasteiger partial charge in [0.2, 0.25) is 0 Å². The van der Waals surface area contributed by atoms with Crippen LogP contribution in [-0.2, 0) is 17.1 Å². The fourth-order valence-electron chi connectivity index (χ4n) is 2.42. The summed E-state index contributed by atoms with van der Waals surface area (Å²) in [5, 5.41) is 22.9. The van der Waals surface area contributed by atoms with E-state index in [0.29, 0.717) is 12.3 Å². The van der Waals surface area contributed by atoms with Crippen LogP contribution in [0.1, 0.15) is 25.8 Å². The first-order valence-corrected chi connectivity index (χ1v) is 8.80. The summed E-state index contributed by atoms with van der Waals surface area (Å²) in [5.41, 5.74) is 2.62. The largest absolute Gasteiger partial charge is 2.00 e. The zero-order valence-corrected chi connectivity index (χ0v) is 16.7. The second kappa shape index (κ2) is 12.0. The summed E-state index contributed by atoms with van der Waals surface area (Å²) in [4.78, 5) is 0. The van der Waals surface area contributed by atoms with E-state index in [9.17, 15) is 10.2 Å². The molecule has 3 heteroatoms. The molecular weight excluding hydrogens is 376 g/mol. The normalized spacial score (nSPS) is 13.9. The summed E-state index contributed by atoms with van der Waals surface area (Å²) in [6.45, 7) is 4.11. The molecule has 2 nitrogen and oxygen atoms in total. The molecule has 27 heavy (non-hydrogen) atoms. The van der Waals surface area contributed by atoms with E-state index in [-0.39, 0.29) is 28.6 Å². The van der Waals surface area contributed by atoms with Gasteiger partial charge in [0.25, 0.3) is 0 Å². The Labute approximate surface area is 172 Å². The Balaban J connectivity index is 0.000000273. The van der Waals surface area contributed by atoms with E-state index in [0.717, 1.165) is 16.7 Å². The molecule has 0 saturated carbocycles. The standard InChI is InChI=1S/C14H12O.C10H14O.Fe/c15-14(13-8-4-5-9-13)11-10-12-6-2-1-3-7-12;1-8(2)7-10(11)9-5-3-4-6-9;/h1-11,15H;3-6,8,11H,7H2,1-2H3;/q;;+2/p-2. The van der Waals surface area contributed by atoms with Gasteiger partial charge in [-0.2, -0.15) is 0 Å². The van der Waals surface area contributed by atoms with Crippen molar-refractivity contribution >= 4 is 6.08 Å². The van der Waals surface area contributed by atoms with Crippen LogP contribution in [0, 0.1) is 5.92 Å². The Hall–Kier alpha value is -2.48. The number of hydrogen-bond donors (Lipinski definition) is 0. The zero-order chi connectivity index (χ0) is 18.8. The van der Waals surface area contributed by atoms with Crippen LogP contribution in [0.25, 0.3) is 6.08 Å². The number of allylic oxidation sites excluding steroid dienone is 12. The van der Waals surface area contributed by atoms with Gasteiger partial charge in [0.1, 0.15) is 0 Å². The van der Waals surface area contributed by atoms with E-state index in [1.54, 1.807) is 6.08 Å². The van der Waals surface area contributed by atoms with E-state index in [2.05, 4.69) is 13.8 Å². The fourth-order valence-corrected chi connectivity index (χ4v) is 2.42. The maximum atomic E-state index is 11.6. The summed E-state index contributed by atoms with van der Waals surface area (Å²) in [7, 11) is 0. The summed E-state index contributed by atoms with van der Waals surface area (Å²) in [6.07, 6.45) is 19.0. The predicted octanol–water partition coefficient (Wildman–Crippen LogP) is 4.21. The van der Waals surface area contributed by atoms with Crippen LogP contribution in [-0.4, -0.2) is 0 Å². The van der Waals surface area contributed by atoms with Crippen LogP contribution in [0.2, 0.25) is 0 Å². The first kappa shape index (κ1) is 22.6. The van der Waals surface area contributed by atoms with E-state index in [1.807, 2.05) is 85.0 Å². The third-order valence-corrected chi connectivity index (χ3v) is 3.75. The Kier molecular flexibility index (Phi) is 10.0. The van der Waals surface area contributed by atoms with Gasteiger partial charge in [0, 0.05) is 0 Å². The average molecular weight is 400 g/mol. The van der Waals surface area contributed by atoms with Crippen molar-refractivity contribution in [1.29, 1.82) is 0 Å². The molecule has 0 unspecified atom stereocenters. The maximum Gasteiger partial charge on any atom is 2.00 e. The van der Waals surface area contributed by atoms with Crippen molar-refractivity contribution in [3.63, 3.8) is 0 Å². The first-order valence-electron chi connectivity index (χ1n) is 8.80. The van der Waals surface area contributed by atoms with E-state index in [4.69, 9.17) is 0 Å². The SMILES string of the molecule is CC(C)CC([O-])=C1C=CC=C1.[Fe+2].[O-]C(C=Cc1ccccc1)=C1C=CC=C1. The van der Waals surface area contributed by atoms with Crippen molar-refractivity contribution in [2.24, 2.45) is 5.92 Å². The van der Waals surface area contributed by atoms with Gasteiger partial charge in [0.05, 0.1) is 0 Å². The van der Waals surface area contributed by atoms with E-state index >= 15 is 0 Å². The minimum atomic E-state index is 0. The first-order chi connectivity index (χ1) is 12.6. The Morgan fingerprint density at radius 3 is 1.89 bits per heavy atom. The molecule has 0 aromatic heterocycles. The minimum Gasteiger partial charge on any atom is -0.875 e. The second-order valence-electron chi connectivity index (χ2n) is 6.48. The van der Waals surface area contributed by atoms with Crippen molar-refractivity contribution < 1.29 is 27.3 Å². The number of benzene rings is 1. The van der Waals surface area contributed by atoms with Gasteiger partial charge in [-0.25, -0.2) is 0 Å². The van der Waals surface area contributed by atoms with E-state index in [1.165, 1.54) is 0 Å². The summed E-state index contributed by atoms with van der Waals surface area (Å²) in [6, 6.07) is 9.79. The molecule has 0 fully saturated rings. The quantitative estimate of drug-likeness (QED) is 0.562. The zero-order valence-electron chi connectivity index (χ0n) is 15.6. The maximum absolute atomic E-state index is 11.6. The molecule has 0 bridgehead atoms. The van der Waals surface area contributed by atoms with Crippen LogP contribution in [0.5, 0.6) is 0 Å². The van der Waals surface area contributed by atoms with Gasteiger partial charge in [-0.05, 0) is 29.0 Å². The molecule has 0 aliphatic heterocycles. The Morgan fingerprint density at radius 2 is 1.37 bits per heavy atom. The van der Waals surface area contributed by atoms with Gasteiger partial charge < -0.3 is 10.2 Å². The number of hydrogen-bond acceptors (Lipinski definition) is 2. The molecule has 0 N–H and O–H groups in total. The third kappa shape index (κ3) is 8.17. The summed E-state index contributed by atoms with van der Waals surface area (Å²) >= 11 is 0. The monoisotopic (exact) mass is 400 g/mol. The van der Waals surface area contributed by atoms with Crippen molar-refractivity contribution in [2.45, 2.75) is 20.3 Å². The average Bonchev–Trinajstić information content (AvgIpc) is 3.34. The molecule has 0 atom stereocenters. The van der Waals surface area contributed by atoms with Gasteiger partial charge in [-0.3, -0.25) is 0 Å². The smallest absolute Gasteiger partial charge is 0.875 e. The van der Waals surface area contributed by atoms with Crippen LogP contribution < -0.4 is 10.2 Å². The second-order valence-corrected chi connectivity index (χ2v) is 6.48. The Bertz CT molecular complexity index is 776. The van der Waals surface area contributed by atoms with Crippen LogP contribution in [0.3, 0.4) is 0 Å². The van der Waals surface area contributed by atoms with Crippen LogP contribution in [0.4, 0.5) is 0 Å². The molecule has 0 saturated heterocycles. The number of rotatable bonds is 4. The summed E-state index contributed by atoms with van der Waals surface area (Å²) < 4.78 is 0. The van der Waals surface area contributed by atoms with Crippen molar-refractivity contribution in [1.82, 2.24) is 0 Å². The minimum absolute atomic E-state index is 0. The topological polar surface area (TPSA) is 46.1 Å². The molecule has 0 amide bonds. The van der Waals surface area contributed by atoms with Crippen molar-refractivity contribution in [3.8, 4) is 0 Å². The Morgan fingerprint density at radius 1 is 0.852 bits per heavy atom. The molecular formula is C24H24FeO2. The van der Waals surface area contributed by atoms with Crippen LogP contribution >= 0.6 is 0 Å². The summed E-state index contributed by atoms with van der Waals surface area (Å²) in [5.74, 6) is 0.756. The molecule has 2 aliphatic carbocycles. The molecule has 1 aromatic carbocycles. The van der Waals surface area contributed by atoms with Gasteiger partial charge in [-0.15, -0.1) is 11.5 Å². The van der Waals surface area contributed by atoms with Gasteiger partial charge in [-0.1, -0.05) is 105 Å². The predicted molar refractivity (Wildman–Crippen MR) is 106 cm³/mol.